The van der Waals surface area contributed by atoms with Crippen molar-refractivity contribution in [2.24, 2.45) is 0 Å². The Labute approximate surface area is 73.9 Å². The fourth-order valence-corrected chi connectivity index (χ4v) is 1.05. The average Bonchev–Trinajstić information content (AvgIpc) is 2.04. The molecule has 2 heterocycles. The summed E-state index contributed by atoms with van der Waals surface area (Å²) in [6, 6.07) is 5.88. The number of aromatic nitrogens is 2. The molecule has 2 aromatic heterocycles. The summed E-state index contributed by atoms with van der Waals surface area (Å²) in [6.45, 7) is 0. The molecule has 11 heavy (non-hydrogen) atoms. The van der Waals surface area contributed by atoms with Gasteiger partial charge in [-0.2, -0.15) is 0 Å². The van der Waals surface area contributed by atoms with E-state index in [0.717, 1.165) is 15.3 Å². The standard InChI is InChI=1S/C8H5N2.Li/c1-3-7-8(9-5-1)4-2-6-10-7;/h1,3-6H;. The van der Waals surface area contributed by atoms with Crippen LogP contribution in [0.25, 0.3) is 11.0 Å². The second-order valence-corrected chi connectivity index (χ2v) is 2.55. The van der Waals surface area contributed by atoms with Gasteiger partial charge in [0.2, 0.25) is 0 Å². The topological polar surface area (TPSA) is 25.8 Å². The van der Waals surface area contributed by atoms with E-state index in [1.54, 1.807) is 6.20 Å². The number of rotatable bonds is 0. The van der Waals surface area contributed by atoms with Crippen LogP contribution in [0.3, 0.4) is 0 Å². The predicted molar refractivity (Wildman–Crippen MR) is 44.9 cm³/mol. The van der Waals surface area contributed by atoms with Crippen molar-refractivity contribution in [1.29, 1.82) is 0 Å². The van der Waals surface area contributed by atoms with Gasteiger partial charge in [-0.1, -0.05) is 0 Å². The number of nitrogens with zero attached hydrogens (tertiary/aromatic N) is 2. The summed E-state index contributed by atoms with van der Waals surface area (Å²) in [4.78, 5) is 8.40. The van der Waals surface area contributed by atoms with Gasteiger partial charge in [0.05, 0.1) is 0 Å². The molecule has 0 radical (unpaired) electrons. The molecule has 2 aromatic rings. The Bertz CT molecular complexity index is 387. The molecule has 0 aromatic carbocycles. The number of fused-ring (bicyclic) bond motifs is 1. The Morgan fingerprint density at radius 3 is 3.00 bits per heavy atom. The SMILES string of the molecule is [Li][c]1cnc2cccnc2c1. The molecule has 0 N–H and O–H groups in total. The van der Waals surface area contributed by atoms with Crippen LogP contribution in [0.4, 0.5) is 0 Å². The Balaban J connectivity index is 2.83. The van der Waals surface area contributed by atoms with Crippen molar-refractivity contribution >= 4 is 33.0 Å². The summed E-state index contributed by atoms with van der Waals surface area (Å²) >= 11 is 2.02. The van der Waals surface area contributed by atoms with Gasteiger partial charge in [0, 0.05) is 0 Å². The molecule has 0 aliphatic rings. The van der Waals surface area contributed by atoms with E-state index in [2.05, 4.69) is 9.97 Å². The van der Waals surface area contributed by atoms with E-state index in [0.29, 0.717) is 0 Å². The van der Waals surface area contributed by atoms with Crippen molar-refractivity contribution in [3.63, 3.8) is 0 Å². The zero-order valence-corrected chi connectivity index (χ0v) is 6.28. The van der Waals surface area contributed by atoms with Gasteiger partial charge in [-0.05, 0) is 0 Å². The maximum absolute atomic E-state index is 4.22. The van der Waals surface area contributed by atoms with E-state index < -0.39 is 0 Å². The summed E-state index contributed by atoms with van der Waals surface area (Å²) in [5.41, 5.74) is 1.92. The van der Waals surface area contributed by atoms with Crippen LogP contribution < -0.4 is 4.24 Å². The molecule has 0 aliphatic heterocycles. The van der Waals surface area contributed by atoms with Crippen molar-refractivity contribution in [2.75, 3.05) is 0 Å². The van der Waals surface area contributed by atoms with Gasteiger partial charge >= 0.3 is 73.5 Å². The predicted octanol–water partition coefficient (Wildman–Crippen LogP) is 0.424. The second-order valence-electron chi connectivity index (χ2n) is 2.55. The van der Waals surface area contributed by atoms with Gasteiger partial charge in [-0.25, -0.2) is 0 Å². The number of pyridine rings is 2. The summed E-state index contributed by atoms with van der Waals surface area (Å²) in [7, 11) is 0. The van der Waals surface area contributed by atoms with E-state index in [4.69, 9.17) is 0 Å². The maximum atomic E-state index is 4.22. The molecule has 2 nitrogen and oxygen atoms in total. The van der Waals surface area contributed by atoms with Gasteiger partial charge in [-0.15, -0.1) is 0 Å². The van der Waals surface area contributed by atoms with Crippen molar-refractivity contribution < 1.29 is 0 Å². The first-order valence-corrected chi connectivity index (χ1v) is 3.53. The van der Waals surface area contributed by atoms with Crippen LogP contribution >= 0.6 is 0 Å². The molecule has 0 bridgehead atoms. The molecule has 0 atom stereocenters. The summed E-state index contributed by atoms with van der Waals surface area (Å²) < 4.78 is 1.15. The van der Waals surface area contributed by atoms with E-state index in [1.165, 1.54) is 0 Å². The zero-order valence-electron chi connectivity index (χ0n) is 6.28. The Morgan fingerprint density at radius 1 is 1.18 bits per heavy atom. The van der Waals surface area contributed by atoms with Gasteiger partial charge in [0.25, 0.3) is 0 Å². The molecule has 2 rings (SSSR count). The van der Waals surface area contributed by atoms with E-state index in [1.807, 2.05) is 42.1 Å². The van der Waals surface area contributed by atoms with Crippen molar-refractivity contribution in [1.82, 2.24) is 9.97 Å². The van der Waals surface area contributed by atoms with Crippen LogP contribution in [0.2, 0.25) is 0 Å². The van der Waals surface area contributed by atoms with Crippen LogP contribution in [0, 0.1) is 0 Å². The van der Waals surface area contributed by atoms with E-state index in [9.17, 15) is 0 Å². The van der Waals surface area contributed by atoms with Crippen molar-refractivity contribution in [3.8, 4) is 0 Å². The molecule has 48 valence electrons. The quantitative estimate of drug-likeness (QED) is 0.490. The van der Waals surface area contributed by atoms with Crippen molar-refractivity contribution in [3.05, 3.63) is 30.6 Å². The van der Waals surface area contributed by atoms with Crippen LogP contribution in [-0.4, -0.2) is 27.7 Å². The van der Waals surface area contributed by atoms with Crippen molar-refractivity contribution in [2.45, 2.75) is 0 Å². The van der Waals surface area contributed by atoms with Gasteiger partial charge in [-0.3, -0.25) is 0 Å². The molecule has 0 fully saturated rings. The van der Waals surface area contributed by atoms with E-state index in [-0.39, 0.29) is 0 Å². The van der Waals surface area contributed by atoms with E-state index >= 15 is 0 Å². The Morgan fingerprint density at radius 2 is 2.09 bits per heavy atom. The fraction of sp³-hybridized carbons (Fsp3) is 0. The van der Waals surface area contributed by atoms with Crippen LogP contribution in [0.1, 0.15) is 0 Å². The third-order valence-electron chi connectivity index (χ3n) is 1.59. The van der Waals surface area contributed by atoms with Crippen LogP contribution in [-0.2, 0) is 0 Å². The third-order valence-corrected chi connectivity index (χ3v) is 1.59. The fourth-order valence-electron chi connectivity index (χ4n) is 1.05. The molecule has 0 unspecified atom stereocenters. The van der Waals surface area contributed by atoms with Gasteiger partial charge < -0.3 is 0 Å². The first-order chi connectivity index (χ1) is 5.36. The van der Waals surface area contributed by atoms with Gasteiger partial charge in [0.15, 0.2) is 0 Å². The molecular weight excluding hydrogens is 131 g/mol. The number of hydrogen-bond acceptors (Lipinski definition) is 2. The first-order valence-electron chi connectivity index (χ1n) is 3.53. The normalized spacial score (nSPS) is 10.4. The third kappa shape index (κ3) is 1.28. The average molecular weight is 136 g/mol. The van der Waals surface area contributed by atoms with Crippen LogP contribution in [0.15, 0.2) is 30.6 Å². The van der Waals surface area contributed by atoms with Crippen LogP contribution in [0.5, 0.6) is 0 Å². The monoisotopic (exact) mass is 136 g/mol. The summed E-state index contributed by atoms with van der Waals surface area (Å²) in [6.07, 6.45) is 3.63. The second kappa shape index (κ2) is 2.65. The Kier molecular flexibility index (Phi) is 1.65. The number of hydrogen-bond donors (Lipinski definition) is 0. The first kappa shape index (κ1) is 6.84. The van der Waals surface area contributed by atoms with Gasteiger partial charge in [0.1, 0.15) is 0 Å². The molecular formula is C8H5LiN2. The molecule has 0 spiro atoms. The molecule has 3 heteroatoms. The Hall–Kier alpha value is -0.843. The minimum absolute atomic E-state index is 0.957. The summed E-state index contributed by atoms with van der Waals surface area (Å²) in [5, 5.41) is 0. The zero-order chi connectivity index (χ0) is 7.68. The molecule has 0 amide bonds. The molecule has 0 aliphatic carbocycles. The minimum atomic E-state index is 0.957. The molecule has 0 saturated heterocycles. The summed E-state index contributed by atoms with van der Waals surface area (Å²) in [5.74, 6) is 0. The molecule has 0 saturated carbocycles.